The average Bonchev–Trinajstić information content (AvgIpc) is 3.25. The standard InChI is InChI=1S/C18H24N2O/c1-2-20(13-17-4-3-11-21-17)18(12-19)16-9-7-15(8-10-16)14-5-6-14/h3-4,7-11,14,18H,2,5-6,12-13,19H2,1H3. The zero-order valence-electron chi connectivity index (χ0n) is 12.7. The van der Waals surface area contributed by atoms with E-state index < -0.39 is 0 Å². The van der Waals surface area contributed by atoms with E-state index >= 15 is 0 Å². The van der Waals surface area contributed by atoms with Crippen LogP contribution in [0.25, 0.3) is 0 Å². The minimum absolute atomic E-state index is 0.244. The van der Waals surface area contributed by atoms with Crippen LogP contribution in [0, 0.1) is 0 Å². The highest BCUT2D eigenvalue weighted by Gasteiger charge is 2.24. The van der Waals surface area contributed by atoms with Crippen molar-refractivity contribution < 1.29 is 4.42 Å². The molecule has 112 valence electrons. The van der Waals surface area contributed by atoms with Gasteiger partial charge < -0.3 is 10.2 Å². The van der Waals surface area contributed by atoms with E-state index in [1.807, 2.05) is 12.1 Å². The zero-order valence-corrected chi connectivity index (χ0v) is 12.7. The summed E-state index contributed by atoms with van der Waals surface area (Å²) in [6, 6.07) is 13.2. The van der Waals surface area contributed by atoms with E-state index in [9.17, 15) is 0 Å². The summed E-state index contributed by atoms with van der Waals surface area (Å²) in [5.74, 6) is 1.80. The number of nitrogens with zero attached hydrogens (tertiary/aromatic N) is 1. The lowest BCUT2D eigenvalue weighted by atomic mass is 10.0. The highest BCUT2D eigenvalue weighted by atomic mass is 16.3. The first-order valence-electron chi connectivity index (χ1n) is 7.88. The van der Waals surface area contributed by atoms with Gasteiger partial charge in [0.25, 0.3) is 0 Å². The molecule has 0 radical (unpaired) electrons. The molecule has 0 aliphatic heterocycles. The Morgan fingerprint density at radius 2 is 2.00 bits per heavy atom. The third-order valence-corrected chi connectivity index (χ3v) is 4.38. The SMILES string of the molecule is CCN(Cc1ccco1)C(CN)c1ccc(C2CC2)cc1. The minimum Gasteiger partial charge on any atom is -0.468 e. The van der Waals surface area contributed by atoms with E-state index in [1.165, 1.54) is 24.0 Å². The summed E-state index contributed by atoms with van der Waals surface area (Å²) >= 11 is 0. The number of nitrogens with two attached hydrogens (primary N) is 1. The van der Waals surface area contributed by atoms with Crippen LogP contribution in [0.4, 0.5) is 0 Å². The molecule has 1 fully saturated rings. The Morgan fingerprint density at radius 1 is 1.24 bits per heavy atom. The summed E-state index contributed by atoms with van der Waals surface area (Å²) in [5.41, 5.74) is 8.82. The molecule has 1 saturated carbocycles. The van der Waals surface area contributed by atoms with Gasteiger partial charge in [0.2, 0.25) is 0 Å². The van der Waals surface area contributed by atoms with Crippen molar-refractivity contribution in [2.24, 2.45) is 5.73 Å². The van der Waals surface area contributed by atoms with Gasteiger partial charge >= 0.3 is 0 Å². The van der Waals surface area contributed by atoms with Crippen molar-refractivity contribution in [1.82, 2.24) is 4.90 Å². The maximum Gasteiger partial charge on any atom is 0.117 e. The van der Waals surface area contributed by atoms with E-state index in [-0.39, 0.29) is 6.04 Å². The van der Waals surface area contributed by atoms with Crippen molar-refractivity contribution >= 4 is 0 Å². The van der Waals surface area contributed by atoms with Crippen LogP contribution >= 0.6 is 0 Å². The van der Waals surface area contributed by atoms with Crippen molar-refractivity contribution in [2.45, 2.75) is 38.3 Å². The Labute approximate surface area is 126 Å². The molecule has 1 heterocycles. The second-order valence-corrected chi connectivity index (χ2v) is 5.83. The van der Waals surface area contributed by atoms with Crippen LogP contribution in [0.2, 0.25) is 0 Å². The topological polar surface area (TPSA) is 42.4 Å². The molecule has 21 heavy (non-hydrogen) atoms. The molecule has 1 aliphatic rings. The molecule has 3 heteroatoms. The van der Waals surface area contributed by atoms with Gasteiger partial charge in [-0.2, -0.15) is 0 Å². The third kappa shape index (κ3) is 3.36. The first kappa shape index (κ1) is 14.4. The Hall–Kier alpha value is -1.58. The molecule has 0 spiro atoms. The molecule has 1 aromatic heterocycles. The zero-order chi connectivity index (χ0) is 14.7. The Bertz CT molecular complexity index is 543. The van der Waals surface area contributed by atoms with Crippen LogP contribution in [-0.4, -0.2) is 18.0 Å². The van der Waals surface area contributed by atoms with Crippen LogP contribution in [0.3, 0.4) is 0 Å². The van der Waals surface area contributed by atoms with Gasteiger partial charge in [0.05, 0.1) is 12.8 Å². The van der Waals surface area contributed by atoms with Crippen LogP contribution in [0.5, 0.6) is 0 Å². The summed E-state index contributed by atoms with van der Waals surface area (Å²) in [6.45, 7) is 4.55. The molecule has 1 aromatic carbocycles. The first-order valence-corrected chi connectivity index (χ1v) is 7.88. The van der Waals surface area contributed by atoms with Crippen LogP contribution < -0.4 is 5.73 Å². The molecular formula is C18H24N2O. The largest absolute Gasteiger partial charge is 0.468 e. The Kier molecular flexibility index (Phi) is 4.42. The third-order valence-electron chi connectivity index (χ3n) is 4.38. The highest BCUT2D eigenvalue weighted by Crippen LogP contribution is 2.40. The molecule has 3 nitrogen and oxygen atoms in total. The van der Waals surface area contributed by atoms with Crippen molar-refractivity contribution in [3.8, 4) is 0 Å². The van der Waals surface area contributed by atoms with Crippen LogP contribution in [0.1, 0.15) is 48.6 Å². The Morgan fingerprint density at radius 3 is 2.52 bits per heavy atom. The fourth-order valence-electron chi connectivity index (χ4n) is 2.95. The summed E-state index contributed by atoms with van der Waals surface area (Å²) < 4.78 is 5.47. The van der Waals surface area contributed by atoms with Gasteiger partial charge in [0.15, 0.2) is 0 Å². The average molecular weight is 284 g/mol. The van der Waals surface area contributed by atoms with Gasteiger partial charge in [-0.1, -0.05) is 31.2 Å². The normalized spacial score (nSPS) is 16.3. The number of hydrogen-bond donors (Lipinski definition) is 1. The molecule has 0 bridgehead atoms. The summed E-state index contributed by atoms with van der Waals surface area (Å²) in [7, 11) is 0. The molecular weight excluding hydrogens is 260 g/mol. The predicted molar refractivity (Wildman–Crippen MR) is 85.0 cm³/mol. The number of hydrogen-bond acceptors (Lipinski definition) is 3. The second-order valence-electron chi connectivity index (χ2n) is 5.83. The molecule has 0 amide bonds. The highest BCUT2D eigenvalue weighted by molar-refractivity contribution is 5.30. The summed E-state index contributed by atoms with van der Waals surface area (Å²) in [4.78, 5) is 2.37. The minimum atomic E-state index is 0.244. The van der Waals surface area contributed by atoms with E-state index in [0.29, 0.717) is 6.54 Å². The molecule has 1 unspecified atom stereocenters. The lowest BCUT2D eigenvalue weighted by Gasteiger charge is -2.29. The lowest BCUT2D eigenvalue weighted by Crippen LogP contribution is -2.33. The first-order chi connectivity index (χ1) is 10.3. The Balaban J connectivity index is 1.74. The number of benzene rings is 1. The number of furan rings is 1. The van der Waals surface area contributed by atoms with Crippen molar-refractivity contribution in [2.75, 3.05) is 13.1 Å². The summed E-state index contributed by atoms with van der Waals surface area (Å²) in [6.07, 6.45) is 4.42. The maximum atomic E-state index is 6.05. The molecule has 2 aromatic rings. The van der Waals surface area contributed by atoms with Crippen LogP contribution in [-0.2, 0) is 6.54 Å². The van der Waals surface area contributed by atoms with Gasteiger partial charge in [-0.3, -0.25) is 4.90 Å². The number of rotatable bonds is 7. The quantitative estimate of drug-likeness (QED) is 0.843. The summed E-state index contributed by atoms with van der Waals surface area (Å²) in [5, 5.41) is 0. The van der Waals surface area contributed by atoms with Gasteiger partial charge in [-0.15, -0.1) is 0 Å². The van der Waals surface area contributed by atoms with Gasteiger partial charge in [0, 0.05) is 12.6 Å². The lowest BCUT2D eigenvalue weighted by molar-refractivity contribution is 0.188. The van der Waals surface area contributed by atoms with E-state index in [0.717, 1.165) is 24.8 Å². The van der Waals surface area contributed by atoms with Gasteiger partial charge in [-0.25, -0.2) is 0 Å². The monoisotopic (exact) mass is 284 g/mol. The smallest absolute Gasteiger partial charge is 0.117 e. The fourth-order valence-corrected chi connectivity index (χ4v) is 2.95. The fraction of sp³-hybridized carbons (Fsp3) is 0.444. The van der Waals surface area contributed by atoms with Crippen molar-refractivity contribution in [1.29, 1.82) is 0 Å². The van der Waals surface area contributed by atoms with E-state index in [1.54, 1.807) is 6.26 Å². The molecule has 0 saturated heterocycles. The van der Waals surface area contributed by atoms with E-state index in [4.69, 9.17) is 10.2 Å². The van der Waals surface area contributed by atoms with Crippen molar-refractivity contribution in [3.63, 3.8) is 0 Å². The second kappa shape index (κ2) is 6.46. The van der Waals surface area contributed by atoms with Gasteiger partial charge in [-0.05, 0) is 48.6 Å². The molecule has 2 N–H and O–H groups in total. The maximum absolute atomic E-state index is 6.05. The van der Waals surface area contributed by atoms with E-state index in [2.05, 4.69) is 36.1 Å². The number of likely N-dealkylation sites (N-methyl/N-ethyl adjacent to an activating group) is 1. The van der Waals surface area contributed by atoms with Gasteiger partial charge in [0.1, 0.15) is 5.76 Å². The molecule has 3 rings (SSSR count). The molecule has 1 atom stereocenters. The van der Waals surface area contributed by atoms with Crippen LogP contribution in [0.15, 0.2) is 47.1 Å². The molecule has 1 aliphatic carbocycles. The van der Waals surface area contributed by atoms with Crippen molar-refractivity contribution in [3.05, 3.63) is 59.5 Å². The predicted octanol–water partition coefficient (Wildman–Crippen LogP) is 3.68.